The number of nitrogens with one attached hydrogen (secondary N) is 1. The van der Waals surface area contributed by atoms with Gasteiger partial charge in [0.25, 0.3) is 11.4 Å². The van der Waals surface area contributed by atoms with Gasteiger partial charge in [-0.05, 0) is 24.3 Å². The fourth-order valence-electron chi connectivity index (χ4n) is 2.18. The third-order valence-electron chi connectivity index (χ3n) is 3.43. The lowest BCUT2D eigenvalue weighted by atomic mass is 10.1. The predicted molar refractivity (Wildman–Crippen MR) is 95.1 cm³/mol. The maximum absolute atomic E-state index is 10.8. The van der Waals surface area contributed by atoms with Crippen LogP contribution >= 0.6 is 0 Å². The quantitative estimate of drug-likeness (QED) is 0.402. The van der Waals surface area contributed by atoms with Crippen LogP contribution in [0.1, 0.15) is 5.76 Å². The number of hydrogen-bond acceptors (Lipinski definition) is 7. The summed E-state index contributed by atoms with van der Waals surface area (Å²) in [6.45, 7) is 0. The average Bonchev–Trinajstić information content (AvgIpc) is 3.11. The number of furan rings is 1. The second-order valence-electron chi connectivity index (χ2n) is 5.18. The molecular weight excluding hydrogens is 340 g/mol. The van der Waals surface area contributed by atoms with Gasteiger partial charge in [-0.25, -0.2) is 0 Å². The second-order valence-corrected chi connectivity index (χ2v) is 5.18. The van der Waals surface area contributed by atoms with E-state index in [-0.39, 0.29) is 11.4 Å². The number of hydrazone groups is 1. The summed E-state index contributed by atoms with van der Waals surface area (Å²) in [7, 11) is 0. The molecular formula is C17H12N4O5. The van der Waals surface area contributed by atoms with Gasteiger partial charge in [-0.3, -0.25) is 25.7 Å². The molecule has 3 rings (SSSR count). The van der Waals surface area contributed by atoms with E-state index in [2.05, 4.69) is 10.5 Å². The highest BCUT2D eigenvalue weighted by Gasteiger charge is 2.09. The van der Waals surface area contributed by atoms with E-state index in [1.807, 2.05) is 0 Å². The number of anilines is 1. The summed E-state index contributed by atoms with van der Waals surface area (Å²) in [4.78, 5) is 20.5. The first kappa shape index (κ1) is 16.8. The Balaban J connectivity index is 1.68. The molecule has 0 spiro atoms. The summed E-state index contributed by atoms with van der Waals surface area (Å²) in [5.41, 5.74) is 3.87. The smallest absolute Gasteiger partial charge is 0.270 e. The van der Waals surface area contributed by atoms with Crippen LogP contribution in [0.5, 0.6) is 0 Å². The fourth-order valence-corrected chi connectivity index (χ4v) is 2.18. The number of nitro groups is 2. The third-order valence-corrected chi connectivity index (χ3v) is 3.43. The molecule has 9 heteroatoms. The highest BCUT2D eigenvalue weighted by Crippen LogP contribution is 2.25. The van der Waals surface area contributed by atoms with E-state index in [1.165, 1.54) is 42.6 Å². The summed E-state index contributed by atoms with van der Waals surface area (Å²) < 4.78 is 5.59. The Bertz CT molecular complexity index is 979. The molecule has 0 saturated carbocycles. The highest BCUT2D eigenvalue weighted by atomic mass is 16.6. The Labute approximate surface area is 146 Å². The maximum atomic E-state index is 10.8. The molecule has 1 heterocycles. The number of non-ortho nitro benzene ring substituents is 2. The largest absolute Gasteiger partial charge is 0.455 e. The molecule has 0 amide bonds. The van der Waals surface area contributed by atoms with E-state index in [9.17, 15) is 20.2 Å². The van der Waals surface area contributed by atoms with E-state index in [0.717, 1.165) is 0 Å². The van der Waals surface area contributed by atoms with Crippen molar-refractivity contribution >= 4 is 23.3 Å². The van der Waals surface area contributed by atoms with Crippen LogP contribution in [0.25, 0.3) is 11.3 Å². The first-order chi connectivity index (χ1) is 12.5. The van der Waals surface area contributed by atoms with Gasteiger partial charge in [0.05, 0.1) is 21.7 Å². The Kier molecular flexibility index (Phi) is 4.70. The van der Waals surface area contributed by atoms with Crippen molar-refractivity contribution in [2.45, 2.75) is 0 Å². The molecule has 0 radical (unpaired) electrons. The van der Waals surface area contributed by atoms with Crippen molar-refractivity contribution in [1.82, 2.24) is 0 Å². The molecule has 2 aromatic carbocycles. The number of rotatable bonds is 6. The van der Waals surface area contributed by atoms with Crippen LogP contribution in [0.15, 0.2) is 70.2 Å². The molecule has 26 heavy (non-hydrogen) atoms. The molecule has 3 aromatic rings. The first-order valence-electron chi connectivity index (χ1n) is 7.41. The molecule has 0 bridgehead atoms. The van der Waals surface area contributed by atoms with E-state index >= 15 is 0 Å². The standard InChI is InChI=1S/C17H12N4O5/c22-20(23)14-6-4-13(5-7-14)19-18-11-16-8-9-17(26-16)12-2-1-3-15(10-12)21(24)25/h1-11,19H/b18-11+. The SMILES string of the molecule is O=[N+]([O-])c1ccc(N/N=C/c2ccc(-c3cccc([N+](=O)[O-])c3)o2)cc1. The minimum atomic E-state index is -0.481. The van der Waals surface area contributed by atoms with Crippen molar-refractivity contribution < 1.29 is 14.3 Å². The molecule has 0 unspecified atom stereocenters. The van der Waals surface area contributed by atoms with Crippen molar-refractivity contribution in [2.24, 2.45) is 5.10 Å². The number of hydrogen-bond donors (Lipinski definition) is 1. The third kappa shape index (κ3) is 3.90. The zero-order valence-electron chi connectivity index (χ0n) is 13.2. The summed E-state index contributed by atoms with van der Waals surface area (Å²) in [5, 5.41) is 25.4. The number of benzene rings is 2. The van der Waals surface area contributed by atoms with Crippen LogP contribution in [-0.4, -0.2) is 16.1 Å². The van der Waals surface area contributed by atoms with Crippen LogP contribution < -0.4 is 5.43 Å². The highest BCUT2D eigenvalue weighted by molar-refractivity contribution is 5.78. The molecule has 0 fully saturated rings. The molecule has 1 aromatic heterocycles. The normalized spacial score (nSPS) is 10.8. The van der Waals surface area contributed by atoms with Gasteiger partial charge in [-0.2, -0.15) is 5.10 Å². The maximum Gasteiger partial charge on any atom is 0.270 e. The number of nitrogens with zero attached hydrogens (tertiary/aromatic N) is 3. The van der Waals surface area contributed by atoms with Crippen molar-refractivity contribution in [1.29, 1.82) is 0 Å². The van der Waals surface area contributed by atoms with Crippen molar-refractivity contribution in [3.63, 3.8) is 0 Å². The molecule has 0 atom stereocenters. The van der Waals surface area contributed by atoms with Crippen LogP contribution in [0, 0.1) is 20.2 Å². The number of nitro benzene ring substituents is 2. The van der Waals surface area contributed by atoms with Gasteiger partial charge in [-0.15, -0.1) is 0 Å². The van der Waals surface area contributed by atoms with Gasteiger partial charge in [0.1, 0.15) is 11.5 Å². The van der Waals surface area contributed by atoms with Crippen molar-refractivity contribution in [3.8, 4) is 11.3 Å². The van der Waals surface area contributed by atoms with Crippen molar-refractivity contribution in [3.05, 3.63) is 86.7 Å². The molecule has 0 aliphatic rings. The average molecular weight is 352 g/mol. The summed E-state index contributed by atoms with van der Waals surface area (Å²) in [6.07, 6.45) is 1.43. The second kappa shape index (κ2) is 7.26. The van der Waals surface area contributed by atoms with E-state index in [1.54, 1.807) is 24.3 Å². The van der Waals surface area contributed by atoms with Gasteiger partial charge in [0.2, 0.25) is 0 Å². The van der Waals surface area contributed by atoms with Crippen LogP contribution in [0.4, 0.5) is 17.1 Å². The lowest BCUT2D eigenvalue weighted by molar-refractivity contribution is -0.385. The molecule has 0 saturated heterocycles. The summed E-state index contributed by atoms with van der Waals surface area (Å²) in [6, 6.07) is 15.3. The zero-order valence-corrected chi connectivity index (χ0v) is 13.2. The Morgan fingerprint density at radius 1 is 0.923 bits per heavy atom. The summed E-state index contributed by atoms with van der Waals surface area (Å²) in [5.74, 6) is 0.923. The van der Waals surface area contributed by atoms with Gasteiger partial charge >= 0.3 is 0 Å². The minimum absolute atomic E-state index is 0.00726. The van der Waals surface area contributed by atoms with Gasteiger partial charge in [-0.1, -0.05) is 12.1 Å². The Morgan fingerprint density at radius 2 is 1.65 bits per heavy atom. The lowest BCUT2D eigenvalue weighted by Gasteiger charge is -1.99. The van der Waals surface area contributed by atoms with Gasteiger partial charge < -0.3 is 4.42 Å². The molecule has 9 nitrogen and oxygen atoms in total. The minimum Gasteiger partial charge on any atom is -0.455 e. The van der Waals surface area contributed by atoms with Crippen LogP contribution in [0.2, 0.25) is 0 Å². The van der Waals surface area contributed by atoms with E-state index < -0.39 is 9.85 Å². The Morgan fingerprint density at radius 3 is 2.35 bits per heavy atom. The fraction of sp³-hybridized carbons (Fsp3) is 0. The monoisotopic (exact) mass is 352 g/mol. The molecule has 130 valence electrons. The molecule has 1 N–H and O–H groups in total. The van der Waals surface area contributed by atoms with Crippen LogP contribution in [0.3, 0.4) is 0 Å². The lowest BCUT2D eigenvalue weighted by Crippen LogP contribution is -1.91. The van der Waals surface area contributed by atoms with E-state index in [4.69, 9.17) is 4.42 Å². The molecule has 0 aliphatic heterocycles. The Hall–Kier alpha value is -4.01. The van der Waals surface area contributed by atoms with E-state index in [0.29, 0.717) is 22.8 Å². The topological polar surface area (TPSA) is 124 Å². The van der Waals surface area contributed by atoms with Gasteiger partial charge in [0, 0.05) is 29.8 Å². The first-order valence-corrected chi connectivity index (χ1v) is 7.41. The zero-order chi connectivity index (χ0) is 18.5. The van der Waals surface area contributed by atoms with Crippen molar-refractivity contribution in [2.75, 3.05) is 5.43 Å². The molecule has 0 aliphatic carbocycles. The van der Waals surface area contributed by atoms with Crippen LogP contribution in [-0.2, 0) is 0 Å². The van der Waals surface area contributed by atoms with Gasteiger partial charge in [0.15, 0.2) is 0 Å². The predicted octanol–water partition coefficient (Wildman–Crippen LogP) is 4.21. The summed E-state index contributed by atoms with van der Waals surface area (Å²) >= 11 is 0.